The quantitative estimate of drug-likeness (QED) is 0.694. The summed E-state index contributed by atoms with van der Waals surface area (Å²) in [5.41, 5.74) is 4.72. The molecule has 2 atom stereocenters. The molecule has 4 heteroatoms. The van der Waals surface area contributed by atoms with Crippen LogP contribution >= 0.6 is 0 Å². The summed E-state index contributed by atoms with van der Waals surface area (Å²) in [5.74, 6) is 0.424. The molecule has 2 aliphatic rings. The van der Waals surface area contributed by atoms with Crippen molar-refractivity contribution in [2.45, 2.75) is 26.2 Å². The van der Waals surface area contributed by atoms with Crippen molar-refractivity contribution in [1.29, 1.82) is 0 Å². The molecule has 5 rings (SSSR count). The largest absolute Gasteiger partial charge is 0.326 e. The van der Waals surface area contributed by atoms with Crippen LogP contribution in [0.4, 0.5) is 11.4 Å². The van der Waals surface area contributed by atoms with Gasteiger partial charge in [0.2, 0.25) is 5.91 Å². The average Bonchev–Trinajstić information content (AvgIpc) is 3.29. The topological polar surface area (TPSA) is 58.2 Å². The first kappa shape index (κ1) is 17.0. The van der Waals surface area contributed by atoms with Crippen molar-refractivity contribution >= 4 is 34.0 Å². The Bertz CT molecular complexity index is 1110. The van der Waals surface area contributed by atoms with Crippen LogP contribution in [0, 0.1) is 11.8 Å². The Balaban J connectivity index is 1.39. The lowest BCUT2D eigenvalue weighted by Gasteiger charge is -2.11. The number of carbonyl (C=O) groups is 2. The van der Waals surface area contributed by atoms with Crippen LogP contribution < -0.4 is 10.6 Å². The molecule has 4 nitrogen and oxygen atoms in total. The molecule has 2 aliphatic carbocycles. The molecule has 140 valence electrons. The van der Waals surface area contributed by atoms with Crippen molar-refractivity contribution in [2.75, 3.05) is 10.6 Å². The molecule has 3 aromatic carbocycles. The van der Waals surface area contributed by atoms with Crippen LogP contribution in [0.15, 0.2) is 54.6 Å². The molecule has 0 bridgehead atoms. The standard InChI is InChI=1S/C24H22N2O2/c1-14-12-20(14)24(28)25-18-6-2-5-17(13-18)23(27)26-21-11-10-16-9-8-15-4-3-7-19(21)22(15)16/h2-7,10-11,13-14,20H,8-9,12H2,1H3,(H,25,28)(H,26,27). The molecule has 0 spiro atoms. The third-order valence-electron chi connectivity index (χ3n) is 5.96. The van der Waals surface area contributed by atoms with Gasteiger partial charge in [0, 0.05) is 28.2 Å². The van der Waals surface area contributed by atoms with E-state index in [1.807, 2.05) is 12.1 Å². The SMILES string of the molecule is CC1CC1C(=O)Nc1cccc(C(=O)Nc2ccc3c4c(cccc24)CC3)c1. The highest BCUT2D eigenvalue weighted by Gasteiger charge is 2.39. The van der Waals surface area contributed by atoms with E-state index >= 15 is 0 Å². The molecular formula is C24H22N2O2. The summed E-state index contributed by atoms with van der Waals surface area (Å²) in [7, 11) is 0. The predicted molar refractivity (Wildman–Crippen MR) is 112 cm³/mol. The van der Waals surface area contributed by atoms with Crippen LogP contribution in [0.3, 0.4) is 0 Å². The van der Waals surface area contributed by atoms with E-state index in [4.69, 9.17) is 0 Å². The van der Waals surface area contributed by atoms with E-state index in [0.717, 1.165) is 30.3 Å². The Morgan fingerprint density at radius 3 is 2.46 bits per heavy atom. The molecule has 2 unspecified atom stereocenters. The number of hydrogen-bond acceptors (Lipinski definition) is 2. The zero-order valence-corrected chi connectivity index (χ0v) is 15.8. The number of benzene rings is 3. The maximum absolute atomic E-state index is 12.9. The molecule has 28 heavy (non-hydrogen) atoms. The van der Waals surface area contributed by atoms with Gasteiger partial charge in [-0.25, -0.2) is 0 Å². The summed E-state index contributed by atoms with van der Waals surface area (Å²) < 4.78 is 0. The summed E-state index contributed by atoms with van der Waals surface area (Å²) in [4.78, 5) is 25.0. The molecular weight excluding hydrogens is 348 g/mol. The molecule has 0 saturated heterocycles. The fraction of sp³-hybridized carbons (Fsp3) is 0.250. The lowest BCUT2D eigenvalue weighted by molar-refractivity contribution is -0.117. The van der Waals surface area contributed by atoms with Crippen LogP contribution in [-0.2, 0) is 17.6 Å². The first-order valence-electron chi connectivity index (χ1n) is 9.86. The lowest BCUT2D eigenvalue weighted by atomic mass is 10.0. The normalized spacial score (nSPS) is 19.5. The van der Waals surface area contributed by atoms with Crippen LogP contribution in [0.5, 0.6) is 0 Å². The summed E-state index contributed by atoms with van der Waals surface area (Å²) in [6, 6.07) is 17.5. The number of aryl methyl sites for hydroxylation is 2. The second-order valence-corrected chi connectivity index (χ2v) is 7.96. The van der Waals surface area contributed by atoms with E-state index in [0.29, 0.717) is 17.2 Å². The minimum atomic E-state index is -0.172. The Morgan fingerprint density at radius 1 is 0.929 bits per heavy atom. The third-order valence-corrected chi connectivity index (χ3v) is 5.96. The zero-order valence-electron chi connectivity index (χ0n) is 15.8. The van der Waals surface area contributed by atoms with Gasteiger partial charge < -0.3 is 10.6 Å². The van der Waals surface area contributed by atoms with Crippen LogP contribution in [0.2, 0.25) is 0 Å². The summed E-state index contributed by atoms with van der Waals surface area (Å²) in [6.07, 6.45) is 3.06. The maximum Gasteiger partial charge on any atom is 0.255 e. The second-order valence-electron chi connectivity index (χ2n) is 7.96. The summed E-state index contributed by atoms with van der Waals surface area (Å²) in [5, 5.41) is 8.35. The molecule has 2 N–H and O–H groups in total. The summed E-state index contributed by atoms with van der Waals surface area (Å²) >= 11 is 0. The second kappa shape index (κ2) is 6.48. The number of anilines is 2. The highest BCUT2D eigenvalue weighted by atomic mass is 16.2. The molecule has 1 saturated carbocycles. The first-order chi connectivity index (χ1) is 13.6. The zero-order chi connectivity index (χ0) is 19.3. The molecule has 3 aromatic rings. The summed E-state index contributed by atoms with van der Waals surface area (Å²) in [6.45, 7) is 2.08. The number of amides is 2. The minimum absolute atomic E-state index is 0.0394. The third kappa shape index (κ3) is 2.95. The van der Waals surface area contributed by atoms with Crippen molar-refractivity contribution in [1.82, 2.24) is 0 Å². The van der Waals surface area contributed by atoms with E-state index < -0.39 is 0 Å². The van der Waals surface area contributed by atoms with E-state index in [-0.39, 0.29) is 17.7 Å². The fourth-order valence-corrected chi connectivity index (χ4v) is 4.21. The fourth-order valence-electron chi connectivity index (χ4n) is 4.21. The van der Waals surface area contributed by atoms with Crippen molar-refractivity contribution < 1.29 is 9.59 Å². The Morgan fingerprint density at radius 2 is 1.68 bits per heavy atom. The molecule has 0 aromatic heterocycles. The van der Waals surface area contributed by atoms with Gasteiger partial charge >= 0.3 is 0 Å². The molecule has 0 aliphatic heterocycles. The van der Waals surface area contributed by atoms with E-state index in [1.165, 1.54) is 16.5 Å². The highest BCUT2D eigenvalue weighted by molar-refractivity contribution is 6.11. The molecule has 1 fully saturated rings. The maximum atomic E-state index is 12.9. The van der Waals surface area contributed by atoms with Crippen LogP contribution in [0.1, 0.15) is 34.8 Å². The van der Waals surface area contributed by atoms with Gasteiger partial charge in [0.1, 0.15) is 0 Å². The van der Waals surface area contributed by atoms with Gasteiger partial charge in [-0.1, -0.05) is 37.3 Å². The Hall–Kier alpha value is -3.14. The van der Waals surface area contributed by atoms with Crippen molar-refractivity contribution in [2.24, 2.45) is 11.8 Å². The first-order valence-corrected chi connectivity index (χ1v) is 9.86. The minimum Gasteiger partial charge on any atom is -0.326 e. The highest BCUT2D eigenvalue weighted by Crippen LogP contribution is 2.38. The number of hydrogen-bond donors (Lipinski definition) is 2. The molecule has 0 radical (unpaired) electrons. The van der Waals surface area contributed by atoms with Crippen LogP contribution in [0.25, 0.3) is 10.8 Å². The monoisotopic (exact) mass is 370 g/mol. The van der Waals surface area contributed by atoms with Gasteiger partial charge in [0.05, 0.1) is 0 Å². The lowest BCUT2D eigenvalue weighted by Crippen LogP contribution is -2.16. The van der Waals surface area contributed by atoms with Crippen molar-refractivity contribution in [3.05, 3.63) is 71.3 Å². The molecule has 0 heterocycles. The van der Waals surface area contributed by atoms with Gasteiger partial charge in [0.15, 0.2) is 0 Å². The van der Waals surface area contributed by atoms with E-state index in [2.05, 4.69) is 41.8 Å². The number of nitrogens with one attached hydrogen (secondary N) is 2. The van der Waals surface area contributed by atoms with Gasteiger partial charge in [-0.3, -0.25) is 9.59 Å². The van der Waals surface area contributed by atoms with Gasteiger partial charge in [0.25, 0.3) is 5.91 Å². The smallest absolute Gasteiger partial charge is 0.255 e. The van der Waals surface area contributed by atoms with Gasteiger partial charge in [-0.15, -0.1) is 0 Å². The average molecular weight is 370 g/mol. The predicted octanol–water partition coefficient (Wildman–Crippen LogP) is 4.79. The van der Waals surface area contributed by atoms with Crippen LogP contribution in [-0.4, -0.2) is 11.8 Å². The number of rotatable bonds is 4. The van der Waals surface area contributed by atoms with Gasteiger partial charge in [-0.2, -0.15) is 0 Å². The Labute approximate surface area is 164 Å². The van der Waals surface area contributed by atoms with E-state index in [1.54, 1.807) is 18.2 Å². The van der Waals surface area contributed by atoms with E-state index in [9.17, 15) is 9.59 Å². The van der Waals surface area contributed by atoms with Gasteiger partial charge in [-0.05, 0) is 66.0 Å². The number of carbonyl (C=O) groups excluding carboxylic acids is 2. The van der Waals surface area contributed by atoms with Crippen molar-refractivity contribution in [3.63, 3.8) is 0 Å². The Kier molecular flexibility index (Phi) is 3.93. The molecule has 2 amide bonds. The van der Waals surface area contributed by atoms with Crippen molar-refractivity contribution in [3.8, 4) is 0 Å².